The summed E-state index contributed by atoms with van der Waals surface area (Å²) < 4.78 is 23.3. The quantitative estimate of drug-likeness (QED) is 0.355. The number of nitrogens with zero attached hydrogens (tertiary/aromatic N) is 7. The zero-order valence-electron chi connectivity index (χ0n) is 26.1. The Balaban J connectivity index is 1.45. The van der Waals surface area contributed by atoms with Crippen LogP contribution in [0.3, 0.4) is 0 Å². The average Bonchev–Trinajstić information content (AvgIpc) is 3.56. The molecule has 0 saturated heterocycles. The molecule has 13 nitrogen and oxygen atoms in total. The number of pyridine rings is 1. The average molecular weight is 620 g/mol. The van der Waals surface area contributed by atoms with E-state index < -0.39 is 23.7 Å². The van der Waals surface area contributed by atoms with Gasteiger partial charge in [0.15, 0.2) is 5.65 Å². The van der Waals surface area contributed by atoms with Crippen LogP contribution in [-0.2, 0) is 24.8 Å². The minimum absolute atomic E-state index is 0.0154. The van der Waals surface area contributed by atoms with Crippen LogP contribution in [0.2, 0.25) is 0 Å². The number of benzene rings is 1. The fourth-order valence-electron chi connectivity index (χ4n) is 5.47. The van der Waals surface area contributed by atoms with E-state index in [4.69, 9.17) is 4.74 Å². The molecule has 0 spiro atoms. The van der Waals surface area contributed by atoms with Crippen molar-refractivity contribution in [3.63, 3.8) is 0 Å². The van der Waals surface area contributed by atoms with Crippen molar-refractivity contribution in [3.8, 4) is 5.75 Å². The van der Waals surface area contributed by atoms with Gasteiger partial charge in [-0.3, -0.25) is 19.1 Å². The lowest BCUT2D eigenvalue weighted by molar-refractivity contribution is -0.123. The molecular formula is C31H38FN9O4. The van der Waals surface area contributed by atoms with Crippen molar-refractivity contribution in [3.05, 3.63) is 64.5 Å². The summed E-state index contributed by atoms with van der Waals surface area (Å²) in [6, 6.07) is 4.57. The van der Waals surface area contributed by atoms with Gasteiger partial charge in [-0.2, -0.15) is 5.10 Å². The molecule has 238 valence electrons. The molecule has 0 aliphatic carbocycles. The van der Waals surface area contributed by atoms with E-state index in [1.165, 1.54) is 12.1 Å². The van der Waals surface area contributed by atoms with Gasteiger partial charge < -0.3 is 20.3 Å². The smallest absolute Gasteiger partial charge is 0.255 e. The van der Waals surface area contributed by atoms with E-state index >= 15 is 0 Å². The van der Waals surface area contributed by atoms with Crippen LogP contribution in [0, 0.1) is 25.6 Å². The lowest BCUT2D eigenvalue weighted by Crippen LogP contribution is -2.49. The van der Waals surface area contributed by atoms with Gasteiger partial charge in [-0.05, 0) is 50.5 Å². The standard InChI is InChI=1S/C31H38FN9O4/c1-18(2)14-25-30(43)33-9-11-40(31(44)24-15-19(3)34-28-27(24)20(4)37-39(28)5)10-8-22-17-41(38-36-22)12-13-45-26-7-6-21(32)16-23(26)29(42)35-25/h6-7,15-18,25H,8-14H2,1-5H3,(H,33,43)(H,35,42)/t25-/m1/s1. The van der Waals surface area contributed by atoms with Gasteiger partial charge in [-0.25, -0.2) is 14.1 Å². The maximum absolute atomic E-state index is 14.2. The maximum Gasteiger partial charge on any atom is 0.255 e. The van der Waals surface area contributed by atoms with Crippen molar-refractivity contribution in [2.24, 2.45) is 13.0 Å². The van der Waals surface area contributed by atoms with E-state index in [0.717, 1.165) is 6.07 Å². The van der Waals surface area contributed by atoms with Crippen LogP contribution in [0.25, 0.3) is 11.0 Å². The van der Waals surface area contributed by atoms with Crippen LogP contribution in [0.5, 0.6) is 5.75 Å². The number of aryl methyl sites for hydroxylation is 3. The molecule has 4 heterocycles. The molecule has 1 aromatic carbocycles. The molecule has 4 aromatic rings. The zero-order valence-corrected chi connectivity index (χ0v) is 26.1. The van der Waals surface area contributed by atoms with E-state index in [0.29, 0.717) is 59.6 Å². The van der Waals surface area contributed by atoms with E-state index in [9.17, 15) is 18.8 Å². The number of ether oxygens (including phenoxy) is 1. The summed E-state index contributed by atoms with van der Waals surface area (Å²) in [4.78, 5) is 47.1. The Bertz CT molecular complexity index is 1730. The number of carbonyl (C=O) groups is 3. The molecule has 0 radical (unpaired) electrons. The molecule has 1 aliphatic heterocycles. The summed E-state index contributed by atoms with van der Waals surface area (Å²) in [5.41, 5.74) is 3.13. The Labute approximate surface area is 260 Å². The number of fused-ring (bicyclic) bond motifs is 4. The van der Waals surface area contributed by atoms with Crippen molar-refractivity contribution in [1.82, 2.24) is 45.3 Å². The highest BCUT2D eigenvalue weighted by atomic mass is 19.1. The summed E-state index contributed by atoms with van der Waals surface area (Å²) in [5, 5.41) is 19.2. The Kier molecular flexibility index (Phi) is 9.40. The van der Waals surface area contributed by atoms with Gasteiger partial charge in [0.2, 0.25) is 5.91 Å². The van der Waals surface area contributed by atoms with E-state index in [1.807, 2.05) is 27.7 Å². The summed E-state index contributed by atoms with van der Waals surface area (Å²) in [7, 11) is 1.79. The first-order valence-corrected chi connectivity index (χ1v) is 15.0. The van der Waals surface area contributed by atoms with Gasteiger partial charge in [0, 0.05) is 45.0 Å². The zero-order chi connectivity index (χ0) is 32.2. The maximum atomic E-state index is 14.2. The molecule has 2 bridgehead atoms. The predicted molar refractivity (Wildman–Crippen MR) is 163 cm³/mol. The second kappa shape index (κ2) is 13.4. The lowest BCUT2D eigenvalue weighted by Gasteiger charge is -2.25. The molecular weight excluding hydrogens is 581 g/mol. The highest BCUT2D eigenvalue weighted by molar-refractivity contribution is 6.06. The number of amides is 3. The van der Waals surface area contributed by atoms with Crippen LogP contribution < -0.4 is 15.4 Å². The third-order valence-corrected chi connectivity index (χ3v) is 7.61. The third-order valence-electron chi connectivity index (χ3n) is 7.61. The van der Waals surface area contributed by atoms with Crippen LogP contribution in [-0.4, -0.2) is 84.7 Å². The van der Waals surface area contributed by atoms with Gasteiger partial charge in [-0.1, -0.05) is 19.1 Å². The van der Waals surface area contributed by atoms with Crippen molar-refractivity contribution in [2.75, 3.05) is 26.2 Å². The molecule has 0 saturated carbocycles. The molecule has 0 fully saturated rings. The van der Waals surface area contributed by atoms with Gasteiger partial charge in [0.1, 0.15) is 24.2 Å². The molecule has 3 amide bonds. The van der Waals surface area contributed by atoms with Gasteiger partial charge in [0.25, 0.3) is 11.8 Å². The Morgan fingerprint density at radius 1 is 1.16 bits per heavy atom. The van der Waals surface area contributed by atoms with Crippen LogP contribution in [0.1, 0.15) is 58.1 Å². The Morgan fingerprint density at radius 3 is 2.73 bits per heavy atom. The first-order valence-electron chi connectivity index (χ1n) is 15.0. The first kappa shape index (κ1) is 31.5. The number of nitrogens with one attached hydrogen (secondary N) is 2. The molecule has 5 rings (SSSR count). The van der Waals surface area contributed by atoms with Crippen LogP contribution in [0.4, 0.5) is 4.39 Å². The number of halogens is 1. The summed E-state index contributed by atoms with van der Waals surface area (Å²) in [6.07, 6.45) is 2.55. The Hall–Kier alpha value is -4.88. The number of hydrogen-bond donors (Lipinski definition) is 2. The number of carbonyl (C=O) groups excluding carboxylic acids is 3. The number of aromatic nitrogens is 6. The van der Waals surface area contributed by atoms with Gasteiger partial charge in [0.05, 0.1) is 34.4 Å². The highest BCUT2D eigenvalue weighted by Crippen LogP contribution is 2.24. The van der Waals surface area contributed by atoms with Crippen molar-refractivity contribution in [2.45, 2.75) is 53.1 Å². The van der Waals surface area contributed by atoms with Gasteiger partial charge >= 0.3 is 0 Å². The fraction of sp³-hybridized carbons (Fsp3) is 0.452. The normalized spacial score (nSPS) is 16.9. The van der Waals surface area contributed by atoms with Crippen molar-refractivity contribution in [1.29, 1.82) is 0 Å². The summed E-state index contributed by atoms with van der Waals surface area (Å²) in [5.74, 6) is -1.60. The number of hydrogen-bond acceptors (Lipinski definition) is 8. The highest BCUT2D eigenvalue weighted by Gasteiger charge is 2.26. The molecule has 2 N–H and O–H groups in total. The number of rotatable bonds is 3. The minimum Gasteiger partial charge on any atom is -0.491 e. The van der Waals surface area contributed by atoms with Crippen LogP contribution >= 0.6 is 0 Å². The molecule has 45 heavy (non-hydrogen) atoms. The SMILES string of the molecule is Cc1cc(C(=O)N2CCNC(=O)[C@@H](CC(C)C)NC(=O)c3cc(F)ccc3OCCn3cc(nn3)CC2)c2c(C)nn(C)c2n1. The second-order valence-corrected chi connectivity index (χ2v) is 11.7. The summed E-state index contributed by atoms with van der Waals surface area (Å²) >= 11 is 0. The third kappa shape index (κ3) is 7.27. The molecule has 14 heteroatoms. The van der Waals surface area contributed by atoms with Gasteiger partial charge in [-0.15, -0.1) is 5.10 Å². The fourth-order valence-corrected chi connectivity index (χ4v) is 5.47. The minimum atomic E-state index is -0.887. The second-order valence-electron chi connectivity index (χ2n) is 11.7. The van der Waals surface area contributed by atoms with Crippen LogP contribution in [0.15, 0.2) is 30.5 Å². The first-order chi connectivity index (χ1) is 21.5. The largest absolute Gasteiger partial charge is 0.491 e. The molecule has 1 aliphatic rings. The van der Waals surface area contributed by atoms with E-state index in [2.05, 4.69) is 31.0 Å². The molecule has 0 unspecified atom stereocenters. The lowest BCUT2D eigenvalue weighted by atomic mass is 10.0. The van der Waals surface area contributed by atoms with E-state index in [-0.39, 0.29) is 42.8 Å². The Morgan fingerprint density at radius 2 is 1.96 bits per heavy atom. The summed E-state index contributed by atoms with van der Waals surface area (Å²) in [6.45, 7) is 8.65. The topological polar surface area (TPSA) is 149 Å². The molecule has 1 atom stereocenters. The molecule has 3 aromatic heterocycles. The van der Waals surface area contributed by atoms with Crippen molar-refractivity contribution < 1.29 is 23.5 Å². The van der Waals surface area contributed by atoms with E-state index in [1.54, 1.807) is 33.6 Å². The van der Waals surface area contributed by atoms with Crippen molar-refractivity contribution >= 4 is 28.8 Å². The predicted octanol–water partition coefficient (Wildman–Crippen LogP) is 2.35. The monoisotopic (exact) mass is 619 g/mol.